The highest BCUT2D eigenvalue weighted by atomic mass is 35.5. The lowest BCUT2D eigenvalue weighted by molar-refractivity contribution is -0.142. The van der Waals surface area contributed by atoms with Gasteiger partial charge < -0.3 is 9.84 Å². The van der Waals surface area contributed by atoms with Gasteiger partial charge in [-0.2, -0.15) is 4.31 Å². The van der Waals surface area contributed by atoms with Gasteiger partial charge in [-0.05, 0) is 24.1 Å². The van der Waals surface area contributed by atoms with E-state index in [-0.39, 0.29) is 34.5 Å². The number of hydrogen-bond acceptors (Lipinski definition) is 5. The number of carboxylic acid groups (broad SMARTS) is 1. The van der Waals surface area contributed by atoms with Crippen LogP contribution < -0.4 is 0 Å². The van der Waals surface area contributed by atoms with E-state index in [1.165, 1.54) is 18.2 Å². The van der Waals surface area contributed by atoms with Crippen LogP contribution in [0.4, 0.5) is 0 Å². The van der Waals surface area contributed by atoms with E-state index in [0.29, 0.717) is 0 Å². The molecule has 1 fully saturated rings. The van der Waals surface area contributed by atoms with Gasteiger partial charge in [0.2, 0.25) is 10.0 Å². The largest absolute Gasteiger partial charge is 0.481 e. The molecule has 0 amide bonds. The Morgan fingerprint density at radius 1 is 1.35 bits per heavy atom. The average Bonchev–Trinajstić information content (AvgIpc) is 2.89. The topological polar surface area (TPSA) is 101 Å². The van der Waals surface area contributed by atoms with Crippen LogP contribution in [0, 0.1) is 11.8 Å². The Morgan fingerprint density at radius 2 is 2.00 bits per heavy atom. The number of nitrogens with zero attached hydrogens (tertiary/aromatic N) is 1. The highest BCUT2D eigenvalue weighted by Gasteiger charge is 2.41. The van der Waals surface area contributed by atoms with E-state index in [1.54, 1.807) is 6.92 Å². The van der Waals surface area contributed by atoms with Crippen LogP contribution in [-0.4, -0.2) is 50.0 Å². The summed E-state index contributed by atoms with van der Waals surface area (Å²) in [4.78, 5) is 22.7. The molecule has 0 saturated carbocycles. The molecule has 2 atom stereocenters. The predicted molar refractivity (Wildman–Crippen MR) is 81.8 cm³/mol. The molecule has 1 aromatic carbocycles. The van der Waals surface area contributed by atoms with Crippen LogP contribution in [0.1, 0.15) is 17.3 Å². The van der Waals surface area contributed by atoms with Crippen molar-refractivity contribution in [2.75, 3.05) is 20.2 Å². The fourth-order valence-electron chi connectivity index (χ4n) is 2.57. The minimum atomic E-state index is -4.06. The molecule has 0 aliphatic carbocycles. The van der Waals surface area contributed by atoms with Crippen molar-refractivity contribution in [3.05, 3.63) is 28.8 Å². The Labute approximate surface area is 138 Å². The van der Waals surface area contributed by atoms with Crippen LogP contribution >= 0.6 is 11.6 Å². The van der Waals surface area contributed by atoms with Gasteiger partial charge in [-0.25, -0.2) is 13.2 Å². The molecule has 2 rings (SSSR count). The summed E-state index contributed by atoms with van der Waals surface area (Å²) in [6, 6.07) is 3.83. The van der Waals surface area contributed by atoms with Gasteiger partial charge in [0.15, 0.2) is 0 Å². The van der Waals surface area contributed by atoms with E-state index < -0.39 is 27.9 Å². The molecule has 0 bridgehead atoms. The first-order valence-electron chi connectivity index (χ1n) is 6.79. The number of rotatable bonds is 4. The zero-order chi connectivity index (χ0) is 17.4. The lowest BCUT2D eigenvalue weighted by atomic mass is 9.99. The first-order valence-corrected chi connectivity index (χ1v) is 8.61. The van der Waals surface area contributed by atoms with Crippen molar-refractivity contribution in [2.45, 2.75) is 11.8 Å². The molecule has 1 heterocycles. The second kappa shape index (κ2) is 6.46. The fourth-order valence-corrected chi connectivity index (χ4v) is 4.58. The second-order valence-electron chi connectivity index (χ2n) is 5.38. The minimum Gasteiger partial charge on any atom is -0.481 e. The minimum absolute atomic E-state index is 0.0619. The number of carboxylic acids is 1. The molecular formula is C14H16ClNO6S. The summed E-state index contributed by atoms with van der Waals surface area (Å²) in [5.74, 6) is -2.97. The molecule has 0 spiro atoms. The zero-order valence-corrected chi connectivity index (χ0v) is 14.1. The van der Waals surface area contributed by atoms with Gasteiger partial charge in [-0.1, -0.05) is 18.5 Å². The molecule has 0 aromatic heterocycles. The van der Waals surface area contributed by atoms with E-state index in [9.17, 15) is 18.0 Å². The van der Waals surface area contributed by atoms with E-state index in [1.807, 2.05) is 0 Å². The maximum Gasteiger partial charge on any atom is 0.339 e. The van der Waals surface area contributed by atoms with Crippen LogP contribution in [0.2, 0.25) is 5.02 Å². The third kappa shape index (κ3) is 3.34. The number of ether oxygens (including phenoxy) is 1. The standard InChI is InChI=1S/C14H16ClNO6S/c1-8-6-16(7-11(8)13(17)18)23(20,21)12-5-9(15)3-4-10(12)14(19)22-2/h3-5,8,11H,6-7H2,1-2H3,(H,17,18)/t8-,11-/m1/s1. The maximum absolute atomic E-state index is 12.8. The van der Waals surface area contributed by atoms with Gasteiger partial charge in [0.1, 0.15) is 0 Å². The molecule has 1 saturated heterocycles. The van der Waals surface area contributed by atoms with E-state index in [2.05, 4.69) is 4.74 Å². The summed E-state index contributed by atoms with van der Waals surface area (Å²) in [7, 11) is -2.92. The third-order valence-corrected chi connectivity index (χ3v) is 5.97. The summed E-state index contributed by atoms with van der Waals surface area (Å²) in [5.41, 5.74) is -0.136. The van der Waals surface area contributed by atoms with Crippen molar-refractivity contribution < 1.29 is 27.9 Å². The Balaban J connectivity index is 2.47. The molecule has 1 aliphatic heterocycles. The molecule has 9 heteroatoms. The number of methoxy groups -OCH3 is 1. The molecular weight excluding hydrogens is 346 g/mol. The molecule has 0 unspecified atom stereocenters. The third-order valence-electron chi connectivity index (χ3n) is 3.86. The number of aliphatic carboxylic acids is 1. The molecule has 7 nitrogen and oxygen atoms in total. The molecule has 1 aromatic rings. The Hall–Kier alpha value is -1.64. The SMILES string of the molecule is COC(=O)c1ccc(Cl)cc1S(=O)(=O)N1C[C@@H](C)[C@H](C(=O)O)C1. The summed E-state index contributed by atoms with van der Waals surface area (Å²) >= 11 is 5.86. The average molecular weight is 362 g/mol. The number of sulfonamides is 1. The summed E-state index contributed by atoms with van der Waals surface area (Å²) in [6.45, 7) is 1.59. The lowest BCUT2D eigenvalue weighted by Crippen LogP contribution is -2.31. The Morgan fingerprint density at radius 3 is 2.52 bits per heavy atom. The van der Waals surface area contributed by atoms with Crippen molar-refractivity contribution in [3.8, 4) is 0 Å². The molecule has 23 heavy (non-hydrogen) atoms. The number of carbonyl (C=O) groups excluding carboxylic acids is 1. The summed E-state index contributed by atoms with van der Waals surface area (Å²) < 4.78 is 31.3. The van der Waals surface area contributed by atoms with Gasteiger partial charge in [-0.3, -0.25) is 4.79 Å². The predicted octanol–water partition coefficient (Wildman–Crippen LogP) is 1.47. The van der Waals surface area contributed by atoms with Crippen LogP contribution in [0.5, 0.6) is 0 Å². The quantitative estimate of drug-likeness (QED) is 0.815. The van der Waals surface area contributed by atoms with Gasteiger partial charge in [0.25, 0.3) is 0 Å². The van der Waals surface area contributed by atoms with Crippen molar-refractivity contribution in [1.82, 2.24) is 4.31 Å². The first-order chi connectivity index (χ1) is 10.7. The van der Waals surface area contributed by atoms with Crippen LogP contribution in [0.25, 0.3) is 0 Å². The van der Waals surface area contributed by atoms with E-state index >= 15 is 0 Å². The van der Waals surface area contributed by atoms with E-state index in [4.69, 9.17) is 16.7 Å². The molecule has 0 radical (unpaired) electrons. The molecule has 1 N–H and O–H groups in total. The number of halogens is 1. The van der Waals surface area contributed by atoms with Gasteiger partial charge in [0, 0.05) is 18.1 Å². The number of hydrogen-bond donors (Lipinski definition) is 1. The van der Waals surface area contributed by atoms with Gasteiger partial charge >= 0.3 is 11.9 Å². The number of benzene rings is 1. The van der Waals surface area contributed by atoms with Gasteiger partial charge in [-0.15, -0.1) is 0 Å². The number of carbonyl (C=O) groups is 2. The van der Waals surface area contributed by atoms with Crippen LogP contribution in [0.15, 0.2) is 23.1 Å². The van der Waals surface area contributed by atoms with Crippen LogP contribution in [0.3, 0.4) is 0 Å². The second-order valence-corrected chi connectivity index (χ2v) is 7.72. The fraction of sp³-hybridized carbons (Fsp3) is 0.429. The number of esters is 1. The summed E-state index contributed by atoms with van der Waals surface area (Å²) in [5, 5.41) is 9.30. The summed E-state index contributed by atoms with van der Waals surface area (Å²) in [6.07, 6.45) is 0. The molecule has 1 aliphatic rings. The van der Waals surface area contributed by atoms with Gasteiger partial charge in [0.05, 0.1) is 23.5 Å². The highest BCUT2D eigenvalue weighted by molar-refractivity contribution is 7.89. The Kier molecular flexibility index (Phi) is 4.98. The van der Waals surface area contributed by atoms with Crippen LogP contribution in [-0.2, 0) is 19.6 Å². The van der Waals surface area contributed by atoms with Crippen molar-refractivity contribution >= 4 is 33.6 Å². The first kappa shape index (κ1) is 17.7. The zero-order valence-electron chi connectivity index (χ0n) is 12.5. The smallest absolute Gasteiger partial charge is 0.339 e. The lowest BCUT2D eigenvalue weighted by Gasteiger charge is -2.18. The van der Waals surface area contributed by atoms with Crippen molar-refractivity contribution in [1.29, 1.82) is 0 Å². The van der Waals surface area contributed by atoms with Crippen molar-refractivity contribution in [2.24, 2.45) is 11.8 Å². The Bertz CT molecular complexity index is 748. The highest BCUT2D eigenvalue weighted by Crippen LogP contribution is 2.31. The maximum atomic E-state index is 12.8. The monoisotopic (exact) mass is 361 g/mol. The molecule has 126 valence electrons. The van der Waals surface area contributed by atoms with Crippen molar-refractivity contribution in [3.63, 3.8) is 0 Å². The van der Waals surface area contributed by atoms with E-state index in [0.717, 1.165) is 11.4 Å². The normalized spacial score (nSPS) is 22.0.